The Morgan fingerprint density at radius 3 is 2.06 bits per heavy atom. The Balaban J connectivity index is 1.37. The van der Waals surface area contributed by atoms with Gasteiger partial charge in [0.15, 0.2) is 0 Å². The van der Waals surface area contributed by atoms with Crippen LogP contribution < -0.4 is 20.7 Å². The zero-order chi connectivity index (χ0) is 34.3. The van der Waals surface area contributed by atoms with Gasteiger partial charge in [-0.1, -0.05) is 43.7 Å². The summed E-state index contributed by atoms with van der Waals surface area (Å²) in [7, 11) is 0. The van der Waals surface area contributed by atoms with Crippen LogP contribution in [0.1, 0.15) is 59.9 Å². The van der Waals surface area contributed by atoms with Crippen LogP contribution >= 0.6 is 11.8 Å². The molecule has 48 heavy (non-hydrogen) atoms. The molecular formula is C38H39N3O6S. The van der Waals surface area contributed by atoms with Crippen molar-refractivity contribution in [1.29, 1.82) is 0 Å². The molecule has 1 atom stereocenters. The van der Waals surface area contributed by atoms with E-state index in [2.05, 4.69) is 16.0 Å². The number of hydrogen-bond donors (Lipinski definition) is 3. The molecule has 3 amide bonds. The Labute approximate surface area is 285 Å². The zero-order valence-corrected chi connectivity index (χ0v) is 28.0. The molecule has 4 aromatic carbocycles. The summed E-state index contributed by atoms with van der Waals surface area (Å²) in [4.78, 5) is 52.1. The van der Waals surface area contributed by atoms with Gasteiger partial charge in [-0.05, 0) is 105 Å². The SMILES string of the molecule is CCCCOC(=O)c1ccc(NC(=O)C(C)Sc2ccc(NC(=O)/C(=C/c3ccc(OCC)cc3)NC(=O)c3ccccc3)cc2)cc1. The van der Waals surface area contributed by atoms with Crippen molar-refractivity contribution < 1.29 is 28.7 Å². The van der Waals surface area contributed by atoms with E-state index in [0.717, 1.165) is 17.7 Å². The number of rotatable bonds is 15. The fraction of sp³-hybridized carbons (Fsp3) is 0.211. The molecule has 3 N–H and O–H groups in total. The molecule has 0 aliphatic carbocycles. The summed E-state index contributed by atoms with van der Waals surface area (Å²) in [6.07, 6.45) is 3.35. The summed E-state index contributed by atoms with van der Waals surface area (Å²) in [5.41, 5.74) is 2.71. The summed E-state index contributed by atoms with van der Waals surface area (Å²) in [6, 6.07) is 29.5. The highest BCUT2D eigenvalue weighted by Crippen LogP contribution is 2.26. The Hall–Kier alpha value is -5.35. The van der Waals surface area contributed by atoms with Crippen molar-refractivity contribution in [3.05, 3.63) is 126 Å². The lowest BCUT2D eigenvalue weighted by Crippen LogP contribution is -2.30. The zero-order valence-electron chi connectivity index (χ0n) is 27.2. The van der Waals surface area contributed by atoms with Gasteiger partial charge in [-0.25, -0.2) is 4.79 Å². The summed E-state index contributed by atoms with van der Waals surface area (Å²) in [5.74, 6) is -0.797. The molecule has 0 spiro atoms. The van der Waals surface area contributed by atoms with Crippen LogP contribution in [-0.4, -0.2) is 42.2 Å². The maximum absolute atomic E-state index is 13.4. The number of ether oxygens (including phenoxy) is 2. The highest BCUT2D eigenvalue weighted by Gasteiger charge is 2.17. The topological polar surface area (TPSA) is 123 Å². The van der Waals surface area contributed by atoms with E-state index < -0.39 is 17.1 Å². The molecule has 0 aliphatic heterocycles. The lowest BCUT2D eigenvalue weighted by molar-refractivity contribution is -0.115. The van der Waals surface area contributed by atoms with Crippen molar-refractivity contribution >= 4 is 52.9 Å². The third-order valence-electron chi connectivity index (χ3n) is 6.94. The van der Waals surface area contributed by atoms with Gasteiger partial charge in [-0.2, -0.15) is 0 Å². The molecule has 0 heterocycles. The molecule has 0 radical (unpaired) electrons. The van der Waals surface area contributed by atoms with E-state index in [9.17, 15) is 19.2 Å². The molecule has 0 saturated heterocycles. The molecule has 248 valence electrons. The second kappa shape index (κ2) is 18.1. The Bertz CT molecular complexity index is 1710. The van der Waals surface area contributed by atoms with Crippen LogP contribution in [0.3, 0.4) is 0 Å². The van der Waals surface area contributed by atoms with E-state index in [0.29, 0.717) is 47.0 Å². The lowest BCUT2D eigenvalue weighted by Gasteiger charge is -2.14. The van der Waals surface area contributed by atoms with E-state index in [1.54, 1.807) is 110 Å². The average molecular weight is 666 g/mol. The van der Waals surface area contributed by atoms with Crippen LogP contribution in [0.25, 0.3) is 6.08 Å². The molecule has 10 heteroatoms. The lowest BCUT2D eigenvalue weighted by atomic mass is 10.1. The van der Waals surface area contributed by atoms with Crippen molar-refractivity contribution in [2.75, 3.05) is 23.8 Å². The Morgan fingerprint density at radius 2 is 1.42 bits per heavy atom. The molecule has 1 unspecified atom stereocenters. The molecule has 9 nitrogen and oxygen atoms in total. The van der Waals surface area contributed by atoms with Crippen LogP contribution in [0.2, 0.25) is 0 Å². The summed E-state index contributed by atoms with van der Waals surface area (Å²) < 4.78 is 10.7. The van der Waals surface area contributed by atoms with Crippen molar-refractivity contribution in [2.24, 2.45) is 0 Å². The van der Waals surface area contributed by atoms with E-state index in [-0.39, 0.29) is 17.6 Å². The second-order valence-corrected chi connectivity index (χ2v) is 12.1. The summed E-state index contributed by atoms with van der Waals surface area (Å²) in [5, 5.41) is 8.02. The van der Waals surface area contributed by atoms with E-state index >= 15 is 0 Å². The van der Waals surface area contributed by atoms with Crippen LogP contribution in [0, 0.1) is 0 Å². The van der Waals surface area contributed by atoms with Gasteiger partial charge in [0.2, 0.25) is 5.91 Å². The fourth-order valence-corrected chi connectivity index (χ4v) is 5.20. The van der Waals surface area contributed by atoms with Crippen LogP contribution in [0.4, 0.5) is 11.4 Å². The van der Waals surface area contributed by atoms with Gasteiger partial charge in [0.05, 0.1) is 24.0 Å². The minimum absolute atomic E-state index is 0.0678. The first-order valence-electron chi connectivity index (χ1n) is 15.7. The number of carbonyl (C=O) groups is 4. The number of anilines is 2. The first kappa shape index (κ1) is 35.5. The maximum Gasteiger partial charge on any atom is 0.338 e. The highest BCUT2D eigenvalue weighted by atomic mass is 32.2. The standard InChI is InChI=1S/C38H39N3O6S/c1-4-6-24-47-38(45)29-14-16-30(17-15-29)39-35(42)26(3)48-33-22-18-31(19-23-33)40-37(44)34(41-36(43)28-10-8-7-9-11-28)25-27-12-20-32(21-13-27)46-5-2/h7-23,25-26H,4-6,24H2,1-3H3,(H,39,42)(H,40,44)(H,41,43)/b34-25-. The van der Waals surface area contributed by atoms with Crippen molar-refractivity contribution in [2.45, 2.75) is 43.8 Å². The minimum Gasteiger partial charge on any atom is -0.494 e. The molecule has 0 fully saturated rings. The number of thioether (sulfide) groups is 1. The number of carbonyl (C=O) groups excluding carboxylic acids is 4. The highest BCUT2D eigenvalue weighted by molar-refractivity contribution is 8.00. The van der Waals surface area contributed by atoms with Crippen molar-refractivity contribution in [3.63, 3.8) is 0 Å². The van der Waals surface area contributed by atoms with Crippen molar-refractivity contribution in [1.82, 2.24) is 5.32 Å². The number of esters is 1. The summed E-state index contributed by atoms with van der Waals surface area (Å²) in [6.45, 7) is 6.63. The second-order valence-electron chi connectivity index (χ2n) is 10.7. The van der Waals surface area contributed by atoms with Crippen LogP contribution in [0.15, 0.2) is 114 Å². The van der Waals surface area contributed by atoms with E-state index in [4.69, 9.17) is 9.47 Å². The third kappa shape index (κ3) is 10.9. The Morgan fingerprint density at radius 1 is 0.771 bits per heavy atom. The molecule has 0 bridgehead atoms. The maximum atomic E-state index is 13.4. The van der Waals surface area contributed by atoms with E-state index in [1.165, 1.54) is 11.8 Å². The van der Waals surface area contributed by atoms with Gasteiger partial charge >= 0.3 is 5.97 Å². The van der Waals surface area contributed by atoms with Gasteiger partial charge in [0.25, 0.3) is 11.8 Å². The predicted octanol–water partition coefficient (Wildman–Crippen LogP) is 7.57. The van der Waals surface area contributed by atoms with Gasteiger partial charge in [0, 0.05) is 21.8 Å². The first-order valence-corrected chi connectivity index (χ1v) is 16.6. The minimum atomic E-state index is -0.499. The number of hydrogen-bond acceptors (Lipinski definition) is 7. The van der Waals surface area contributed by atoms with E-state index in [1.807, 2.05) is 19.9 Å². The smallest absolute Gasteiger partial charge is 0.338 e. The molecule has 0 aliphatic rings. The van der Waals surface area contributed by atoms with Crippen molar-refractivity contribution in [3.8, 4) is 5.75 Å². The molecule has 0 aromatic heterocycles. The van der Waals surface area contributed by atoms with Crippen LogP contribution in [0.5, 0.6) is 5.75 Å². The fourth-order valence-electron chi connectivity index (χ4n) is 4.33. The molecule has 4 rings (SSSR count). The van der Waals surface area contributed by atoms with Gasteiger partial charge in [0.1, 0.15) is 11.4 Å². The monoisotopic (exact) mass is 665 g/mol. The quantitative estimate of drug-likeness (QED) is 0.0518. The predicted molar refractivity (Wildman–Crippen MR) is 190 cm³/mol. The molecule has 0 saturated carbocycles. The Kier molecular flexibility index (Phi) is 13.4. The first-order chi connectivity index (χ1) is 23.2. The molecule has 4 aromatic rings. The number of nitrogens with one attached hydrogen (secondary N) is 3. The average Bonchev–Trinajstić information content (AvgIpc) is 3.10. The number of unbranched alkanes of at least 4 members (excludes halogenated alkanes) is 1. The summed E-state index contributed by atoms with van der Waals surface area (Å²) >= 11 is 1.36. The normalized spacial score (nSPS) is 11.6. The number of benzene rings is 4. The molecular weight excluding hydrogens is 627 g/mol. The number of amides is 3. The van der Waals surface area contributed by atoms with Crippen LogP contribution in [-0.2, 0) is 14.3 Å². The third-order valence-corrected chi connectivity index (χ3v) is 8.06. The van der Waals surface area contributed by atoms with Gasteiger partial charge < -0.3 is 25.4 Å². The van der Waals surface area contributed by atoms with Gasteiger partial charge in [-0.15, -0.1) is 11.8 Å². The van der Waals surface area contributed by atoms with Gasteiger partial charge in [-0.3, -0.25) is 14.4 Å². The largest absolute Gasteiger partial charge is 0.494 e.